The van der Waals surface area contributed by atoms with Crippen LogP contribution in [-0.2, 0) is 9.47 Å². The summed E-state index contributed by atoms with van der Waals surface area (Å²) in [5.41, 5.74) is 1.34. The third-order valence-electron chi connectivity index (χ3n) is 5.07. The molecule has 6 nitrogen and oxygen atoms in total. The number of carbonyl (C=O) groups is 1. The van der Waals surface area contributed by atoms with Crippen LogP contribution in [0.25, 0.3) is 0 Å². The second-order valence-electron chi connectivity index (χ2n) is 7.67. The molecule has 0 radical (unpaired) electrons. The fourth-order valence-electron chi connectivity index (χ4n) is 4.04. The Balaban J connectivity index is 1.78. The van der Waals surface area contributed by atoms with Crippen LogP contribution in [0, 0.1) is 6.92 Å². The van der Waals surface area contributed by atoms with Crippen molar-refractivity contribution in [2.45, 2.75) is 64.2 Å². The van der Waals surface area contributed by atoms with Gasteiger partial charge in [0, 0.05) is 25.9 Å². The molecule has 0 bridgehead atoms. The van der Waals surface area contributed by atoms with Gasteiger partial charge in [0.25, 0.3) is 5.91 Å². The molecule has 1 aromatic rings. The molecule has 1 aliphatic carbocycles. The maximum absolute atomic E-state index is 13.1. The first-order chi connectivity index (χ1) is 11.4. The molecule has 24 heavy (non-hydrogen) atoms. The normalized spacial score (nSPS) is 24.5. The van der Waals surface area contributed by atoms with Crippen LogP contribution < -0.4 is 0 Å². The summed E-state index contributed by atoms with van der Waals surface area (Å²) in [4.78, 5) is 14.9. The Labute approximate surface area is 144 Å². The summed E-state index contributed by atoms with van der Waals surface area (Å²) in [5.74, 6) is 0.0502. The molecule has 1 saturated carbocycles. The highest BCUT2D eigenvalue weighted by molar-refractivity contribution is 5.95. The summed E-state index contributed by atoms with van der Waals surface area (Å²) in [7, 11) is 1.66. The van der Waals surface area contributed by atoms with E-state index in [1.54, 1.807) is 13.3 Å². The summed E-state index contributed by atoms with van der Waals surface area (Å²) in [6.07, 6.45) is 6.48. The zero-order valence-corrected chi connectivity index (χ0v) is 15.2. The highest BCUT2D eigenvalue weighted by Gasteiger charge is 2.37. The Morgan fingerprint density at radius 1 is 1.42 bits per heavy atom. The molecule has 0 N–H and O–H groups in total. The van der Waals surface area contributed by atoms with Gasteiger partial charge in [0.15, 0.2) is 0 Å². The molecule has 0 unspecified atom stereocenters. The van der Waals surface area contributed by atoms with E-state index in [0.717, 1.165) is 24.1 Å². The van der Waals surface area contributed by atoms with Crippen LogP contribution in [0.4, 0.5) is 0 Å². The number of hydrogen-bond donors (Lipinski definition) is 0. The zero-order valence-electron chi connectivity index (χ0n) is 15.2. The maximum Gasteiger partial charge on any atom is 0.257 e. The van der Waals surface area contributed by atoms with E-state index < -0.39 is 0 Å². The van der Waals surface area contributed by atoms with Crippen LogP contribution in [0.5, 0.6) is 0 Å². The van der Waals surface area contributed by atoms with E-state index in [2.05, 4.69) is 9.78 Å². The number of hydrogen-bond acceptors (Lipinski definition) is 4. The molecule has 6 heteroatoms. The van der Waals surface area contributed by atoms with Crippen LogP contribution in [0.15, 0.2) is 6.20 Å². The molecule has 2 aliphatic rings. The van der Waals surface area contributed by atoms with Gasteiger partial charge in [-0.2, -0.15) is 5.10 Å². The standard InChI is InChI=1S/C18H29N3O3/c1-13-16(9-19-21(13)14-7-5-6-8-14)17(22)20-10-15(11-23-4)24-18(2,3)12-20/h9,14-15H,5-8,10-12H2,1-4H3/t15-/m1/s1. The molecule has 1 aliphatic heterocycles. The number of rotatable bonds is 4. The van der Waals surface area contributed by atoms with Crippen molar-refractivity contribution < 1.29 is 14.3 Å². The van der Waals surface area contributed by atoms with E-state index in [1.165, 1.54) is 12.8 Å². The minimum atomic E-state index is -0.369. The lowest BCUT2D eigenvalue weighted by atomic mass is 10.0. The predicted molar refractivity (Wildman–Crippen MR) is 91.2 cm³/mol. The van der Waals surface area contributed by atoms with Gasteiger partial charge in [0.2, 0.25) is 0 Å². The maximum atomic E-state index is 13.1. The van der Waals surface area contributed by atoms with E-state index in [9.17, 15) is 4.79 Å². The average Bonchev–Trinajstić information content (AvgIpc) is 3.14. The SMILES string of the molecule is COC[C@H]1CN(C(=O)c2cnn(C3CCCC3)c2C)CC(C)(C)O1. The van der Waals surface area contributed by atoms with Crippen molar-refractivity contribution in [3.05, 3.63) is 17.5 Å². The highest BCUT2D eigenvalue weighted by atomic mass is 16.5. The number of nitrogens with zero attached hydrogens (tertiary/aromatic N) is 3. The summed E-state index contributed by atoms with van der Waals surface area (Å²) >= 11 is 0. The average molecular weight is 335 g/mol. The molecule has 1 atom stereocenters. The molecule has 3 rings (SSSR count). The van der Waals surface area contributed by atoms with Crippen molar-refractivity contribution in [2.75, 3.05) is 26.8 Å². The molecule has 2 fully saturated rings. The third-order valence-corrected chi connectivity index (χ3v) is 5.07. The van der Waals surface area contributed by atoms with E-state index in [0.29, 0.717) is 25.7 Å². The number of aromatic nitrogens is 2. The van der Waals surface area contributed by atoms with Crippen molar-refractivity contribution in [1.82, 2.24) is 14.7 Å². The number of morpholine rings is 1. The van der Waals surface area contributed by atoms with Gasteiger partial charge in [-0.25, -0.2) is 0 Å². The molecular formula is C18H29N3O3. The first-order valence-electron chi connectivity index (χ1n) is 8.91. The summed E-state index contributed by atoms with van der Waals surface area (Å²) in [6.45, 7) is 7.68. The number of methoxy groups -OCH3 is 1. The van der Waals surface area contributed by atoms with Gasteiger partial charge in [0.1, 0.15) is 0 Å². The van der Waals surface area contributed by atoms with Gasteiger partial charge in [-0.1, -0.05) is 12.8 Å². The van der Waals surface area contributed by atoms with E-state index in [4.69, 9.17) is 9.47 Å². The molecule has 134 valence electrons. The van der Waals surface area contributed by atoms with Gasteiger partial charge in [-0.05, 0) is 33.6 Å². The van der Waals surface area contributed by atoms with Crippen molar-refractivity contribution in [3.63, 3.8) is 0 Å². The minimum absolute atomic E-state index is 0.0502. The third kappa shape index (κ3) is 3.49. The Kier molecular flexibility index (Phi) is 4.97. The molecule has 0 spiro atoms. The van der Waals surface area contributed by atoms with Crippen LogP contribution >= 0.6 is 0 Å². The Bertz CT molecular complexity index is 590. The van der Waals surface area contributed by atoms with Crippen molar-refractivity contribution in [2.24, 2.45) is 0 Å². The number of carbonyl (C=O) groups excluding carboxylic acids is 1. The molecule has 1 amide bonds. The predicted octanol–water partition coefficient (Wildman–Crippen LogP) is 2.57. The van der Waals surface area contributed by atoms with Gasteiger partial charge in [0.05, 0.1) is 36.1 Å². The van der Waals surface area contributed by atoms with E-state index in [1.807, 2.05) is 25.7 Å². The highest BCUT2D eigenvalue weighted by Crippen LogP contribution is 2.31. The second kappa shape index (κ2) is 6.84. The Hall–Kier alpha value is -1.40. The first kappa shape index (κ1) is 17.4. The summed E-state index contributed by atoms with van der Waals surface area (Å²) < 4.78 is 13.3. The minimum Gasteiger partial charge on any atom is -0.382 e. The topological polar surface area (TPSA) is 56.6 Å². The Morgan fingerprint density at radius 2 is 2.12 bits per heavy atom. The van der Waals surface area contributed by atoms with Gasteiger partial charge < -0.3 is 14.4 Å². The molecule has 1 aromatic heterocycles. The summed E-state index contributed by atoms with van der Waals surface area (Å²) in [5, 5.41) is 4.52. The Morgan fingerprint density at radius 3 is 2.79 bits per heavy atom. The zero-order chi connectivity index (χ0) is 17.3. The number of ether oxygens (including phenoxy) is 2. The number of amides is 1. The lowest BCUT2D eigenvalue weighted by Gasteiger charge is -2.42. The largest absolute Gasteiger partial charge is 0.382 e. The molecular weight excluding hydrogens is 306 g/mol. The van der Waals surface area contributed by atoms with E-state index >= 15 is 0 Å². The quantitative estimate of drug-likeness (QED) is 0.848. The van der Waals surface area contributed by atoms with Crippen molar-refractivity contribution in [1.29, 1.82) is 0 Å². The lowest BCUT2D eigenvalue weighted by Crippen LogP contribution is -2.55. The van der Waals surface area contributed by atoms with Gasteiger partial charge in [-0.15, -0.1) is 0 Å². The molecule has 1 saturated heterocycles. The van der Waals surface area contributed by atoms with E-state index in [-0.39, 0.29) is 17.6 Å². The fraction of sp³-hybridized carbons (Fsp3) is 0.778. The molecule has 2 heterocycles. The van der Waals surface area contributed by atoms with Crippen LogP contribution in [-0.4, -0.2) is 59.1 Å². The van der Waals surface area contributed by atoms with Crippen LogP contribution in [0.2, 0.25) is 0 Å². The van der Waals surface area contributed by atoms with Crippen LogP contribution in [0.1, 0.15) is 61.6 Å². The van der Waals surface area contributed by atoms with Crippen LogP contribution in [0.3, 0.4) is 0 Å². The van der Waals surface area contributed by atoms with Crippen molar-refractivity contribution >= 4 is 5.91 Å². The fourth-order valence-corrected chi connectivity index (χ4v) is 4.04. The lowest BCUT2D eigenvalue weighted by molar-refractivity contribution is -0.143. The first-order valence-corrected chi connectivity index (χ1v) is 8.91. The van der Waals surface area contributed by atoms with Gasteiger partial charge in [-0.3, -0.25) is 9.48 Å². The summed E-state index contributed by atoms with van der Waals surface area (Å²) in [6, 6.07) is 0.453. The monoisotopic (exact) mass is 335 g/mol. The molecule has 0 aromatic carbocycles. The smallest absolute Gasteiger partial charge is 0.257 e. The second-order valence-corrected chi connectivity index (χ2v) is 7.67. The van der Waals surface area contributed by atoms with Gasteiger partial charge >= 0.3 is 0 Å². The van der Waals surface area contributed by atoms with Crippen molar-refractivity contribution in [3.8, 4) is 0 Å².